The lowest BCUT2D eigenvalue weighted by Gasteiger charge is -2.18. The van der Waals surface area contributed by atoms with E-state index in [-0.39, 0.29) is 16.9 Å². The number of sulfonamides is 1. The predicted octanol–water partition coefficient (Wildman–Crippen LogP) is 1.56. The van der Waals surface area contributed by atoms with Crippen LogP contribution in [0.5, 0.6) is 0 Å². The van der Waals surface area contributed by atoms with Crippen LogP contribution < -0.4 is 10.0 Å². The molecule has 1 aromatic rings. The Morgan fingerprint density at radius 1 is 1.30 bits per heavy atom. The molecule has 0 saturated heterocycles. The maximum Gasteiger partial charge on any atom is 0.242 e. The first-order valence-corrected chi connectivity index (χ1v) is 8.45. The lowest BCUT2D eigenvalue weighted by molar-refractivity contribution is 0.253. The molecular formula is C14H22N2O3S. The van der Waals surface area contributed by atoms with Gasteiger partial charge in [0.05, 0.1) is 5.69 Å². The van der Waals surface area contributed by atoms with Crippen molar-refractivity contribution in [2.24, 2.45) is 5.41 Å². The molecule has 0 unspecified atom stereocenters. The van der Waals surface area contributed by atoms with Gasteiger partial charge in [-0.25, -0.2) is 13.1 Å². The summed E-state index contributed by atoms with van der Waals surface area (Å²) in [6, 6.07) is 6.92. The average Bonchev–Trinajstić information content (AvgIpc) is 3.17. The molecule has 1 saturated carbocycles. The Labute approximate surface area is 120 Å². The minimum Gasteiger partial charge on any atom is -0.396 e. The van der Waals surface area contributed by atoms with Crippen molar-refractivity contribution in [3.63, 3.8) is 0 Å². The second-order valence-corrected chi connectivity index (χ2v) is 7.06. The molecule has 20 heavy (non-hydrogen) atoms. The van der Waals surface area contributed by atoms with Crippen LogP contribution in [0.15, 0.2) is 29.2 Å². The summed E-state index contributed by atoms with van der Waals surface area (Å²) >= 11 is 0. The largest absolute Gasteiger partial charge is 0.396 e. The third kappa shape index (κ3) is 3.50. The maximum atomic E-state index is 12.1. The molecule has 0 atom stereocenters. The molecular weight excluding hydrogens is 276 g/mol. The fraction of sp³-hybridized carbons (Fsp3) is 0.571. The summed E-state index contributed by atoms with van der Waals surface area (Å²) in [5, 5.41) is 12.3. The second-order valence-electron chi connectivity index (χ2n) is 5.32. The number of aliphatic hydroxyl groups excluding tert-OH is 1. The number of anilines is 1. The van der Waals surface area contributed by atoms with Crippen molar-refractivity contribution in [2.45, 2.75) is 31.1 Å². The molecule has 0 aromatic heterocycles. The Bertz CT molecular complexity index is 553. The summed E-state index contributed by atoms with van der Waals surface area (Å²) in [6.45, 7) is 3.00. The van der Waals surface area contributed by atoms with Gasteiger partial charge >= 0.3 is 0 Å². The minimum atomic E-state index is -3.46. The van der Waals surface area contributed by atoms with Gasteiger partial charge in [0, 0.05) is 19.7 Å². The molecule has 6 heteroatoms. The van der Waals surface area contributed by atoms with Crippen LogP contribution in [0.25, 0.3) is 0 Å². The summed E-state index contributed by atoms with van der Waals surface area (Å²) in [7, 11) is -3.46. The molecule has 3 N–H and O–H groups in total. The zero-order valence-corrected chi connectivity index (χ0v) is 12.5. The topological polar surface area (TPSA) is 78.4 Å². The van der Waals surface area contributed by atoms with Gasteiger partial charge in [0.25, 0.3) is 0 Å². The number of hydrogen-bond donors (Lipinski definition) is 3. The molecule has 2 rings (SSSR count). The highest BCUT2D eigenvalue weighted by molar-refractivity contribution is 7.89. The fourth-order valence-corrected chi connectivity index (χ4v) is 3.55. The maximum absolute atomic E-state index is 12.1. The van der Waals surface area contributed by atoms with Crippen LogP contribution in [0.4, 0.5) is 5.69 Å². The van der Waals surface area contributed by atoms with E-state index in [9.17, 15) is 8.42 Å². The van der Waals surface area contributed by atoms with Crippen LogP contribution >= 0.6 is 0 Å². The SMILES string of the molecule is CCNS(=O)(=O)c1ccccc1NCC1(CCO)CC1. The fourth-order valence-electron chi connectivity index (χ4n) is 2.33. The van der Waals surface area contributed by atoms with Gasteiger partial charge in [-0.1, -0.05) is 19.1 Å². The molecule has 1 aliphatic rings. The standard InChI is InChI=1S/C14H22N2O3S/c1-2-16-20(18,19)13-6-4-3-5-12(13)15-11-14(7-8-14)9-10-17/h3-6,15-17H,2,7-11H2,1H3. The van der Waals surface area contributed by atoms with Crippen molar-refractivity contribution in [3.8, 4) is 0 Å². The molecule has 0 amide bonds. The van der Waals surface area contributed by atoms with Crippen LogP contribution in [0.3, 0.4) is 0 Å². The lowest BCUT2D eigenvalue weighted by Crippen LogP contribution is -2.25. The molecule has 112 valence electrons. The summed E-state index contributed by atoms with van der Waals surface area (Å²) in [6.07, 6.45) is 2.94. The third-order valence-corrected chi connectivity index (χ3v) is 5.37. The van der Waals surface area contributed by atoms with E-state index in [1.165, 1.54) is 0 Å². The van der Waals surface area contributed by atoms with Crippen molar-refractivity contribution in [1.29, 1.82) is 0 Å². The van der Waals surface area contributed by atoms with E-state index >= 15 is 0 Å². The Kier molecular flexibility index (Phi) is 4.67. The van der Waals surface area contributed by atoms with Gasteiger partial charge < -0.3 is 10.4 Å². The zero-order valence-electron chi connectivity index (χ0n) is 11.7. The molecule has 1 fully saturated rings. The highest BCUT2D eigenvalue weighted by atomic mass is 32.2. The molecule has 1 aromatic carbocycles. The van der Waals surface area contributed by atoms with Crippen molar-refractivity contribution in [1.82, 2.24) is 4.72 Å². The van der Waals surface area contributed by atoms with E-state index in [4.69, 9.17) is 5.11 Å². The molecule has 0 bridgehead atoms. The van der Waals surface area contributed by atoms with Gasteiger partial charge in [-0.15, -0.1) is 0 Å². The van der Waals surface area contributed by atoms with Crippen LogP contribution in [-0.4, -0.2) is 33.2 Å². The third-order valence-electron chi connectivity index (χ3n) is 3.76. The van der Waals surface area contributed by atoms with Gasteiger partial charge in [0.2, 0.25) is 10.0 Å². The van der Waals surface area contributed by atoms with Gasteiger partial charge in [-0.2, -0.15) is 0 Å². The zero-order chi connectivity index (χ0) is 14.6. The van der Waals surface area contributed by atoms with Gasteiger partial charge in [-0.05, 0) is 36.8 Å². The lowest BCUT2D eigenvalue weighted by atomic mass is 10.0. The average molecular weight is 298 g/mol. The normalized spacial score (nSPS) is 16.9. The molecule has 0 aliphatic heterocycles. The number of rotatable bonds is 8. The van der Waals surface area contributed by atoms with Crippen molar-refractivity contribution >= 4 is 15.7 Å². The Balaban J connectivity index is 2.13. The summed E-state index contributed by atoms with van der Waals surface area (Å²) in [5.74, 6) is 0. The van der Waals surface area contributed by atoms with E-state index in [0.717, 1.165) is 19.3 Å². The van der Waals surface area contributed by atoms with Gasteiger partial charge in [-0.3, -0.25) is 0 Å². The number of nitrogens with one attached hydrogen (secondary N) is 2. The van der Waals surface area contributed by atoms with Crippen LogP contribution in [0, 0.1) is 5.41 Å². The highest BCUT2D eigenvalue weighted by Crippen LogP contribution is 2.48. The molecule has 0 spiro atoms. The molecule has 0 radical (unpaired) electrons. The number of aliphatic hydroxyl groups is 1. The first kappa shape index (κ1) is 15.3. The monoisotopic (exact) mass is 298 g/mol. The first-order chi connectivity index (χ1) is 9.53. The smallest absolute Gasteiger partial charge is 0.242 e. The summed E-state index contributed by atoms with van der Waals surface area (Å²) in [4.78, 5) is 0.279. The second kappa shape index (κ2) is 6.11. The van der Waals surface area contributed by atoms with Crippen molar-refractivity contribution in [3.05, 3.63) is 24.3 Å². The Morgan fingerprint density at radius 3 is 2.60 bits per heavy atom. The van der Waals surface area contributed by atoms with E-state index in [1.54, 1.807) is 25.1 Å². The van der Waals surface area contributed by atoms with E-state index in [1.807, 2.05) is 6.07 Å². The van der Waals surface area contributed by atoms with Crippen LogP contribution in [0.1, 0.15) is 26.2 Å². The molecule has 1 aliphatic carbocycles. The van der Waals surface area contributed by atoms with Crippen LogP contribution in [-0.2, 0) is 10.0 Å². The molecule has 0 heterocycles. The Morgan fingerprint density at radius 2 is 2.00 bits per heavy atom. The van der Waals surface area contributed by atoms with Crippen molar-refractivity contribution in [2.75, 3.05) is 25.0 Å². The van der Waals surface area contributed by atoms with E-state index < -0.39 is 10.0 Å². The highest BCUT2D eigenvalue weighted by Gasteiger charge is 2.41. The Hall–Kier alpha value is -1.11. The first-order valence-electron chi connectivity index (χ1n) is 6.96. The van der Waals surface area contributed by atoms with Gasteiger partial charge in [0.1, 0.15) is 4.90 Å². The van der Waals surface area contributed by atoms with Gasteiger partial charge in [0.15, 0.2) is 0 Å². The number of benzene rings is 1. The van der Waals surface area contributed by atoms with Crippen LogP contribution in [0.2, 0.25) is 0 Å². The van der Waals surface area contributed by atoms with E-state index in [0.29, 0.717) is 18.8 Å². The number of para-hydroxylation sites is 1. The summed E-state index contributed by atoms with van der Waals surface area (Å²) in [5.41, 5.74) is 0.766. The quantitative estimate of drug-likeness (QED) is 0.680. The summed E-state index contributed by atoms with van der Waals surface area (Å²) < 4.78 is 26.8. The minimum absolute atomic E-state index is 0.143. The predicted molar refractivity (Wildman–Crippen MR) is 79.2 cm³/mol. The molecule has 5 nitrogen and oxygen atoms in total. The van der Waals surface area contributed by atoms with E-state index in [2.05, 4.69) is 10.0 Å². The van der Waals surface area contributed by atoms with Crippen molar-refractivity contribution < 1.29 is 13.5 Å². The number of hydrogen-bond acceptors (Lipinski definition) is 4.